The summed E-state index contributed by atoms with van der Waals surface area (Å²) in [6, 6.07) is 26.2. The van der Waals surface area contributed by atoms with Crippen LogP contribution in [0.25, 0.3) is 11.1 Å². The van der Waals surface area contributed by atoms with Crippen LogP contribution < -0.4 is 20.0 Å². The van der Waals surface area contributed by atoms with Gasteiger partial charge in [-0.25, -0.2) is 0 Å². The number of rotatable bonds is 5. The fraction of sp³-hybridized carbons (Fsp3) is 0.231. The molecule has 3 heterocycles. The van der Waals surface area contributed by atoms with Gasteiger partial charge in [0.15, 0.2) is 0 Å². The molecule has 4 aromatic rings. The molecular formula is C26H26BO2PS2. The van der Waals surface area contributed by atoms with E-state index in [9.17, 15) is 0 Å². The van der Waals surface area contributed by atoms with E-state index in [1.165, 1.54) is 25.7 Å². The molecule has 0 saturated carbocycles. The summed E-state index contributed by atoms with van der Waals surface area (Å²) in [6.07, 6.45) is 0. The van der Waals surface area contributed by atoms with Crippen molar-refractivity contribution in [2.75, 3.05) is 0 Å². The molecule has 2 aromatic carbocycles. The summed E-state index contributed by atoms with van der Waals surface area (Å²) < 4.78 is 15.7. The normalized spacial score (nSPS) is 17.2. The van der Waals surface area contributed by atoms with Gasteiger partial charge in [0, 0.05) is 17.2 Å². The zero-order valence-corrected chi connectivity index (χ0v) is 21.3. The minimum Gasteiger partial charge on any atom is -0.399 e. The molecule has 1 aliphatic rings. The van der Waals surface area contributed by atoms with E-state index >= 15 is 0 Å². The summed E-state index contributed by atoms with van der Waals surface area (Å²) in [6.45, 7) is 8.43. The summed E-state index contributed by atoms with van der Waals surface area (Å²) in [5.74, 6) is 0. The molecule has 0 atom stereocenters. The third-order valence-electron chi connectivity index (χ3n) is 6.36. The predicted octanol–water partition coefficient (Wildman–Crippen LogP) is 5.53. The average Bonchev–Trinajstić information content (AvgIpc) is 3.52. The minimum absolute atomic E-state index is 0.370. The van der Waals surface area contributed by atoms with Crippen LogP contribution in [0.1, 0.15) is 27.7 Å². The molecule has 2 nitrogen and oxygen atoms in total. The molecule has 0 bridgehead atoms. The second kappa shape index (κ2) is 8.55. The lowest BCUT2D eigenvalue weighted by molar-refractivity contribution is 0.00578. The molecule has 162 valence electrons. The van der Waals surface area contributed by atoms with Gasteiger partial charge in [0.05, 0.1) is 11.2 Å². The van der Waals surface area contributed by atoms with Crippen molar-refractivity contribution in [2.45, 2.75) is 38.9 Å². The molecule has 0 unspecified atom stereocenters. The maximum Gasteiger partial charge on any atom is 0.495 e. The molecule has 0 aliphatic carbocycles. The van der Waals surface area contributed by atoms with Gasteiger partial charge in [0.1, 0.15) is 0 Å². The number of thiophene rings is 2. The van der Waals surface area contributed by atoms with Crippen molar-refractivity contribution < 1.29 is 9.31 Å². The Bertz CT molecular complexity index is 1150. The predicted molar refractivity (Wildman–Crippen MR) is 142 cm³/mol. The number of benzene rings is 2. The fourth-order valence-corrected chi connectivity index (χ4v) is 9.26. The van der Waals surface area contributed by atoms with Crippen LogP contribution in [0.2, 0.25) is 0 Å². The van der Waals surface area contributed by atoms with Crippen molar-refractivity contribution >= 4 is 57.7 Å². The number of hydrogen-bond acceptors (Lipinski definition) is 4. The maximum atomic E-state index is 6.44. The first-order valence-corrected chi connectivity index (χ1v) is 13.9. The molecule has 1 fully saturated rings. The van der Waals surface area contributed by atoms with E-state index < -0.39 is 7.92 Å². The summed E-state index contributed by atoms with van der Waals surface area (Å²) in [7, 11) is -1.01. The Hall–Kier alpha value is -1.75. The highest BCUT2D eigenvalue weighted by molar-refractivity contribution is 7.87. The SMILES string of the molecule is CC1(C)OB(c2ccccc2-c2ccccc2P(c2cccs2)c2cccs2)OC1(C)C. The Balaban J connectivity index is 1.65. The van der Waals surface area contributed by atoms with E-state index in [0.29, 0.717) is 0 Å². The van der Waals surface area contributed by atoms with Crippen LogP contribution in [-0.4, -0.2) is 18.3 Å². The molecule has 6 heteroatoms. The lowest BCUT2D eigenvalue weighted by Gasteiger charge is -2.32. The Morgan fingerprint density at radius 2 is 1.19 bits per heavy atom. The third-order valence-corrected chi connectivity index (χ3v) is 11.5. The van der Waals surface area contributed by atoms with E-state index in [0.717, 1.165) is 5.46 Å². The quantitative estimate of drug-likeness (QED) is 0.279. The third kappa shape index (κ3) is 3.91. The Morgan fingerprint density at radius 3 is 1.75 bits per heavy atom. The maximum absolute atomic E-state index is 6.44. The Morgan fingerprint density at radius 1 is 0.656 bits per heavy atom. The smallest absolute Gasteiger partial charge is 0.399 e. The van der Waals surface area contributed by atoms with Crippen LogP contribution >= 0.6 is 30.6 Å². The molecule has 1 aliphatic heterocycles. The second-order valence-electron chi connectivity index (χ2n) is 8.93. The van der Waals surface area contributed by atoms with E-state index in [2.05, 4.69) is 111 Å². The first-order chi connectivity index (χ1) is 15.4. The highest BCUT2D eigenvalue weighted by Crippen LogP contribution is 2.41. The van der Waals surface area contributed by atoms with Crippen molar-refractivity contribution in [1.82, 2.24) is 0 Å². The van der Waals surface area contributed by atoms with Gasteiger partial charge in [-0.05, 0) is 72.5 Å². The zero-order chi connectivity index (χ0) is 22.3. The topological polar surface area (TPSA) is 18.5 Å². The molecule has 0 spiro atoms. The van der Waals surface area contributed by atoms with Crippen LogP contribution in [0.5, 0.6) is 0 Å². The van der Waals surface area contributed by atoms with Crippen molar-refractivity contribution in [3.8, 4) is 11.1 Å². The molecule has 0 amide bonds. The van der Waals surface area contributed by atoms with Gasteiger partial charge in [-0.3, -0.25) is 0 Å². The summed E-state index contributed by atoms with van der Waals surface area (Å²) in [5, 5.41) is 5.73. The van der Waals surface area contributed by atoms with Crippen molar-refractivity contribution in [2.24, 2.45) is 0 Å². The number of hydrogen-bond donors (Lipinski definition) is 0. The van der Waals surface area contributed by atoms with Crippen LogP contribution in [0, 0.1) is 0 Å². The van der Waals surface area contributed by atoms with Gasteiger partial charge < -0.3 is 9.31 Å². The monoisotopic (exact) mass is 476 g/mol. The van der Waals surface area contributed by atoms with Gasteiger partial charge in [0.2, 0.25) is 0 Å². The summed E-state index contributed by atoms with van der Waals surface area (Å²) in [5.41, 5.74) is 2.79. The van der Waals surface area contributed by atoms with E-state index in [1.807, 2.05) is 22.7 Å². The average molecular weight is 476 g/mol. The van der Waals surface area contributed by atoms with Gasteiger partial charge in [0.25, 0.3) is 0 Å². The van der Waals surface area contributed by atoms with Crippen LogP contribution in [0.15, 0.2) is 83.6 Å². The second-order valence-corrected chi connectivity index (χ2v) is 13.5. The Labute approximate surface area is 200 Å². The lowest BCUT2D eigenvalue weighted by Crippen LogP contribution is -2.41. The first kappa shape index (κ1) is 22.1. The van der Waals surface area contributed by atoms with Crippen molar-refractivity contribution in [1.29, 1.82) is 0 Å². The van der Waals surface area contributed by atoms with E-state index in [4.69, 9.17) is 9.31 Å². The standard InChI is InChI=1S/C26H26BO2PS2/c1-25(2)26(3,4)29-27(28-25)21-13-7-5-11-19(21)20-12-6-8-14-22(20)30(23-15-9-17-31-23)24-16-10-18-32-24/h5-18H,1-4H3. The lowest BCUT2D eigenvalue weighted by atomic mass is 9.74. The van der Waals surface area contributed by atoms with Crippen molar-refractivity contribution in [3.63, 3.8) is 0 Å². The van der Waals surface area contributed by atoms with Gasteiger partial charge >= 0.3 is 7.12 Å². The molecule has 0 radical (unpaired) electrons. The summed E-state index contributed by atoms with van der Waals surface area (Å²) >= 11 is 3.69. The van der Waals surface area contributed by atoms with Gasteiger partial charge in [-0.1, -0.05) is 60.7 Å². The first-order valence-electron chi connectivity index (χ1n) is 10.8. The van der Waals surface area contributed by atoms with Crippen LogP contribution in [-0.2, 0) is 9.31 Å². The van der Waals surface area contributed by atoms with Gasteiger partial charge in [-0.15, -0.1) is 22.7 Å². The highest BCUT2D eigenvalue weighted by Gasteiger charge is 2.52. The van der Waals surface area contributed by atoms with Gasteiger partial charge in [-0.2, -0.15) is 0 Å². The van der Waals surface area contributed by atoms with Crippen molar-refractivity contribution in [3.05, 3.63) is 83.6 Å². The molecule has 2 aromatic heterocycles. The fourth-order valence-electron chi connectivity index (χ4n) is 3.95. The van der Waals surface area contributed by atoms with Crippen LogP contribution in [0.4, 0.5) is 0 Å². The molecular weight excluding hydrogens is 450 g/mol. The largest absolute Gasteiger partial charge is 0.495 e. The molecule has 32 heavy (non-hydrogen) atoms. The molecule has 1 saturated heterocycles. The minimum atomic E-state index is -0.623. The molecule has 5 rings (SSSR count). The van der Waals surface area contributed by atoms with E-state index in [1.54, 1.807) is 0 Å². The highest BCUT2D eigenvalue weighted by atomic mass is 32.1. The Kier molecular flexibility index (Phi) is 5.90. The zero-order valence-electron chi connectivity index (χ0n) is 18.7. The van der Waals surface area contributed by atoms with E-state index in [-0.39, 0.29) is 18.3 Å². The van der Waals surface area contributed by atoms with Crippen LogP contribution in [0.3, 0.4) is 0 Å². The summed E-state index contributed by atoms with van der Waals surface area (Å²) in [4.78, 5) is 0. The molecule has 0 N–H and O–H groups in total.